The maximum absolute atomic E-state index is 9.14. The van der Waals surface area contributed by atoms with Crippen molar-refractivity contribution in [1.29, 1.82) is 5.26 Å². The highest BCUT2D eigenvalue weighted by Crippen LogP contribution is 2.18. The first-order valence-electron chi connectivity index (χ1n) is 7.00. The average molecular weight is 264 g/mol. The van der Waals surface area contributed by atoms with Gasteiger partial charge in [0.25, 0.3) is 0 Å². The Hall–Kier alpha value is -2.27. The van der Waals surface area contributed by atoms with Crippen LogP contribution >= 0.6 is 0 Å². The molecule has 0 amide bonds. The average Bonchev–Trinajstić information content (AvgIpc) is 2.46. The Morgan fingerprint density at radius 2 is 1.90 bits per heavy atom. The van der Waals surface area contributed by atoms with E-state index in [-0.39, 0.29) is 0 Å². The third kappa shape index (κ3) is 3.86. The van der Waals surface area contributed by atoms with Gasteiger partial charge in [-0.2, -0.15) is 5.26 Å². The van der Waals surface area contributed by atoms with Crippen LogP contribution in [0.2, 0.25) is 0 Å². The number of benzene rings is 2. The van der Waals surface area contributed by atoms with Gasteiger partial charge in [-0.3, -0.25) is 0 Å². The van der Waals surface area contributed by atoms with Crippen molar-refractivity contribution < 1.29 is 0 Å². The van der Waals surface area contributed by atoms with Crippen molar-refractivity contribution in [2.24, 2.45) is 0 Å². The maximum atomic E-state index is 9.14. The van der Waals surface area contributed by atoms with Crippen LogP contribution in [-0.2, 0) is 6.42 Å². The molecule has 1 N–H and O–H groups in total. The van der Waals surface area contributed by atoms with Crippen LogP contribution in [0.25, 0.3) is 0 Å². The summed E-state index contributed by atoms with van der Waals surface area (Å²) in [5.74, 6) is 0. The topological polar surface area (TPSA) is 35.8 Å². The summed E-state index contributed by atoms with van der Waals surface area (Å²) < 4.78 is 0. The molecule has 2 rings (SSSR count). The van der Waals surface area contributed by atoms with Crippen molar-refractivity contribution in [1.82, 2.24) is 0 Å². The Morgan fingerprint density at radius 1 is 1.15 bits per heavy atom. The van der Waals surface area contributed by atoms with E-state index in [2.05, 4.69) is 42.6 Å². The summed E-state index contributed by atoms with van der Waals surface area (Å²) in [4.78, 5) is 0. The Kier molecular flexibility index (Phi) is 4.79. The second-order valence-corrected chi connectivity index (χ2v) is 5.23. The van der Waals surface area contributed by atoms with Crippen molar-refractivity contribution in [2.45, 2.75) is 32.7 Å². The lowest BCUT2D eigenvalue weighted by Gasteiger charge is -2.16. The summed E-state index contributed by atoms with van der Waals surface area (Å²) >= 11 is 0. The lowest BCUT2D eigenvalue weighted by Crippen LogP contribution is -2.16. The molecule has 0 radical (unpaired) electrons. The van der Waals surface area contributed by atoms with E-state index in [1.54, 1.807) is 0 Å². The van der Waals surface area contributed by atoms with E-state index in [1.165, 1.54) is 11.1 Å². The first-order chi connectivity index (χ1) is 9.69. The van der Waals surface area contributed by atoms with E-state index in [9.17, 15) is 0 Å². The van der Waals surface area contributed by atoms with E-state index in [4.69, 9.17) is 5.26 Å². The maximum Gasteiger partial charge on any atom is 0.101 e. The van der Waals surface area contributed by atoms with E-state index in [0.29, 0.717) is 11.6 Å². The first kappa shape index (κ1) is 14.1. The molecule has 0 heterocycles. The van der Waals surface area contributed by atoms with Gasteiger partial charge < -0.3 is 5.32 Å². The van der Waals surface area contributed by atoms with Crippen LogP contribution in [0.1, 0.15) is 30.0 Å². The highest BCUT2D eigenvalue weighted by atomic mass is 14.9. The molecule has 0 aliphatic carbocycles. The molecule has 102 valence electrons. The minimum Gasteiger partial charge on any atom is -0.382 e. The molecule has 0 bridgehead atoms. The fourth-order valence-electron chi connectivity index (χ4n) is 2.24. The van der Waals surface area contributed by atoms with Crippen molar-refractivity contribution >= 4 is 5.69 Å². The van der Waals surface area contributed by atoms with Crippen LogP contribution in [0.15, 0.2) is 48.5 Å². The molecule has 0 spiro atoms. The third-order valence-electron chi connectivity index (χ3n) is 3.41. The largest absolute Gasteiger partial charge is 0.382 e. The van der Waals surface area contributed by atoms with Gasteiger partial charge in [0.2, 0.25) is 0 Å². The Morgan fingerprint density at radius 3 is 2.60 bits per heavy atom. The standard InChI is InChI=1S/C18H20N2/c1-14-8-11-17(13-19)18(12-14)20-15(2)9-10-16-6-4-3-5-7-16/h3-8,11-12,15,20H,9-10H2,1-2H3. The quantitative estimate of drug-likeness (QED) is 0.874. The van der Waals surface area contributed by atoms with Crippen LogP contribution in [0.4, 0.5) is 5.69 Å². The van der Waals surface area contributed by atoms with E-state index < -0.39 is 0 Å². The first-order valence-corrected chi connectivity index (χ1v) is 7.00. The van der Waals surface area contributed by atoms with Crippen LogP contribution in [0.3, 0.4) is 0 Å². The molecular weight excluding hydrogens is 244 g/mol. The summed E-state index contributed by atoms with van der Waals surface area (Å²) in [5, 5.41) is 12.6. The Bertz CT molecular complexity index is 597. The number of hydrogen-bond acceptors (Lipinski definition) is 2. The van der Waals surface area contributed by atoms with Gasteiger partial charge in [0, 0.05) is 6.04 Å². The summed E-state index contributed by atoms with van der Waals surface area (Å²) in [6, 6.07) is 18.9. The monoisotopic (exact) mass is 264 g/mol. The second kappa shape index (κ2) is 6.77. The molecule has 2 aromatic carbocycles. The number of aryl methyl sites for hydroxylation is 2. The molecule has 0 fully saturated rings. The minimum absolute atomic E-state index is 0.337. The third-order valence-corrected chi connectivity index (χ3v) is 3.41. The highest BCUT2D eigenvalue weighted by Gasteiger charge is 2.07. The van der Waals surface area contributed by atoms with Gasteiger partial charge in [0.1, 0.15) is 6.07 Å². The zero-order valence-electron chi connectivity index (χ0n) is 12.1. The van der Waals surface area contributed by atoms with Gasteiger partial charge in [-0.1, -0.05) is 36.4 Å². The molecule has 0 saturated carbocycles. The number of hydrogen-bond donors (Lipinski definition) is 1. The van der Waals surface area contributed by atoms with E-state index >= 15 is 0 Å². The molecule has 0 aliphatic heterocycles. The van der Waals surface area contributed by atoms with Crippen LogP contribution in [0.5, 0.6) is 0 Å². The van der Waals surface area contributed by atoms with Crippen LogP contribution in [0, 0.1) is 18.3 Å². The molecule has 2 nitrogen and oxygen atoms in total. The zero-order chi connectivity index (χ0) is 14.4. The number of rotatable bonds is 5. The fraction of sp³-hybridized carbons (Fsp3) is 0.278. The molecule has 20 heavy (non-hydrogen) atoms. The summed E-state index contributed by atoms with van der Waals surface area (Å²) in [5.41, 5.74) is 4.17. The second-order valence-electron chi connectivity index (χ2n) is 5.23. The van der Waals surface area contributed by atoms with Crippen molar-refractivity contribution in [3.05, 3.63) is 65.2 Å². The fourth-order valence-corrected chi connectivity index (χ4v) is 2.24. The van der Waals surface area contributed by atoms with Gasteiger partial charge >= 0.3 is 0 Å². The van der Waals surface area contributed by atoms with E-state index in [1.807, 2.05) is 31.2 Å². The van der Waals surface area contributed by atoms with Crippen molar-refractivity contribution in [3.63, 3.8) is 0 Å². The van der Waals surface area contributed by atoms with E-state index in [0.717, 1.165) is 18.5 Å². The lowest BCUT2D eigenvalue weighted by atomic mass is 10.0. The Balaban J connectivity index is 1.96. The zero-order valence-corrected chi connectivity index (χ0v) is 12.1. The molecule has 1 atom stereocenters. The van der Waals surface area contributed by atoms with Crippen LogP contribution in [-0.4, -0.2) is 6.04 Å². The molecule has 0 aromatic heterocycles. The van der Waals surface area contributed by atoms with Gasteiger partial charge in [0.05, 0.1) is 11.3 Å². The van der Waals surface area contributed by atoms with Crippen LogP contribution < -0.4 is 5.32 Å². The van der Waals surface area contributed by atoms with Crippen molar-refractivity contribution in [2.75, 3.05) is 5.32 Å². The smallest absolute Gasteiger partial charge is 0.101 e. The predicted molar refractivity (Wildman–Crippen MR) is 83.7 cm³/mol. The summed E-state index contributed by atoms with van der Waals surface area (Å²) in [7, 11) is 0. The molecular formula is C18H20N2. The number of nitrogens with one attached hydrogen (secondary N) is 1. The lowest BCUT2D eigenvalue weighted by molar-refractivity contribution is 0.706. The van der Waals surface area contributed by atoms with Gasteiger partial charge in [-0.15, -0.1) is 0 Å². The Labute approximate surface area is 121 Å². The van der Waals surface area contributed by atoms with Gasteiger partial charge in [0.15, 0.2) is 0 Å². The number of nitrogens with zero attached hydrogens (tertiary/aromatic N) is 1. The van der Waals surface area contributed by atoms with Gasteiger partial charge in [-0.05, 0) is 49.9 Å². The normalized spacial score (nSPS) is 11.7. The molecule has 0 aliphatic rings. The SMILES string of the molecule is Cc1ccc(C#N)c(NC(C)CCc2ccccc2)c1. The molecule has 2 aromatic rings. The highest BCUT2D eigenvalue weighted by molar-refractivity contribution is 5.59. The summed E-state index contributed by atoms with van der Waals surface area (Å²) in [6.45, 7) is 4.20. The predicted octanol–water partition coefficient (Wildman–Crippen LogP) is 4.30. The molecule has 1 unspecified atom stereocenters. The minimum atomic E-state index is 0.337. The molecule has 0 saturated heterocycles. The number of nitriles is 1. The number of anilines is 1. The summed E-state index contributed by atoms with van der Waals surface area (Å²) in [6.07, 6.45) is 2.09. The molecule has 2 heteroatoms. The van der Waals surface area contributed by atoms with Gasteiger partial charge in [-0.25, -0.2) is 0 Å². The van der Waals surface area contributed by atoms with Crippen molar-refractivity contribution in [3.8, 4) is 6.07 Å².